The van der Waals surface area contributed by atoms with Crippen molar-refractivity contribution in [3.05, 3.63) is 155 Å². The highest BCUT2D eigenvalue weighted by Crippen LogP contribution is 2.41. The molecule has 0 unspecified atom stereocenters. The maximum absolute atomic E-state index is 14.1. The molecule has 422 valence electrons. The fraction of sp³-hybridized carbons (Fsp3) is 0.417. The van der Waals surface area contributed by atoms with Gasteiger partial charge in [0.05, 0.1) is 30.9 Å². The number of likely N-dealkylation sites (tertiary alicyclic amines) is 1. The van der Waals surface area contributed by atoms with Crippen molar-refractivity contribution >= 4 is 60.3 Å². The van der Waals surface area contributed by atoms with Crippen LogP contribution in [0.3, 0.4) is 0 Å². The number of alkyl carbamates (subject to hydrolysis) is 2. The van der Waals surface area contributed by atoms with Crippen molar-refractivity contribution in [2.24, 2.45) is 0 Å². The summed E-state index contributed by atoms with van der Waals surface area (Å²) in [6.45, 7) is 22.2. The third-order valence-corrected chi connectivity index (χ3v) is 18.4. The maximum Gasteiger partial charge on any atom is 0.411 e. The van der Waals surface area contributed by atoms with Crippen LogP contribution < -0.4 is 10.6 Å². The lowest BCUT2D eigenvalue weighted by atomic mass is 9.89. The molecular weight excluding hydrogens is 1030 g/mol. The number of nitrogens with one attached hydrogen (secondary N) is 4. The third kappa shape index (κ3) is 15.8. The normalized spacial score (nSPS) is 16.6. The van der Waals surface area contributed by atoms with Crippen molar-refractivity contribution in [2.45, 2.75) is 135 Å². The van der Waals surface area contributed by atoms with Crippen LogP contribution in [-0.4, -0.2) is 108 Å². The molecule has 2 aromatic heterocycles. The second-order valence-electron chi connectivity index (χ2n) is 23.5. The minimum Gasteiger partial charge on any atom is -0.545 e. The SMILES string of the molecule is CC(C)(C)OC(=O)N1CC(=O)C[C@H]1[C@@H](CNC(=O)OCc1ccccc1)c1c[nH]c2cc(F)ccc12.CC(C)(C)OC(=O)N1CC(O[Si](C)(C)C(C)(C)C)=C[C@H]1[C@@H](CNC(=O)OCc1ccccc1)c1c[nH]c2cc(F)ccc12. The molecule has 0 saturated carbocycles. The number of carbonyl (C=O) groups excluding carboxylic acids is 5. The van der Waals surface area contributed by atoms with E-state index in [1.54, 1.807) is 50.2 Å². The Balaban J connectivity index is 0.000000232. The predicted molar refractivity (Wildman–Crippen MR) is 301 cm³/mol. The molecule has 16 nitrogen and oxygen atoms in total. The molecular formula is C60H74F2N6O10Si. The molecule has 2 aliphatic rings. The number of ketones is 1. The van der Waals surface area contributed by atoms with Crippen molar-refractivity contribution in [3.8, 4) is 0 Å². The van der Waals surface area contributed by atoms with Crippen molar-refractivity contribution in [1.29, 1.82) is 0 Å². The molecule has 4 N–H and O–H groups in total. The van der Waals surface area contributed by atoms with Gasteiger partial charge in [-0.1, -0.05) is 81.4 Å². The molecule has 79 heavy (non-hydrogen) atoms. The fourth-order valence-electron chi connectivity index (χ4n) is 9.25. The summed E-state index contributed by atoms with van der Waals surface area (Å²) in [6, 6.07) is 26.5. The first-order chi connectivity index (χ1) is 37.1. The number of Topliss-reactive ketones (excluding diaryl/α,β-unsaturated/α-hetero) is 1. The number of hydrogen-bond donors (Lipinski definition) is 4. The molecule has 19 heteroatoms. The smallest absolute Gasteiger partial charge is 0.411 e. The lowest BCUT2D eigenvalue weighted by Crippen LogP contribution is -2.46. The van der Waals surface area contributed by atoms with Crippen LogP contribution in [0, 0.1) is 11.6 Å². The topological polar surface area (TPSA) is 194 Å². The molecule has 4 heterocycles. The minimum absolute atomic E-state index is 0.0486. The van der Waals surface area contributed by atoms with Gasteiger partial charge in [-0.25, -0.2) is 28.0 Å². The van der Waals surface area contributed by atoms with E-state index in [1.165, 1.54) is 29.2 Å². The highest BCUT2D eigenvalue weighted by Gasteiger charge is 2.45. The first kappa shape index (κ1) is 59.0. The Kier molecular flexibility index (Phi) is 18.3. The number of benzene rings is 4. The van der Waals surface area contributed by atoms with Gasteiger partial charge in [0.1, 0.15) is 36.1 Å². The second kappa shape index (κ2) is 24.6. The first-order valence-electron chi connectivity index (χ1n) is 26.5. The van der Waals surface area contributed by atoms with Gasteiger partial charge in [-0.2, -0.15) is 0 Å². The number of carbonyl (C=O) groups is 5. The van der Waals surface area contributed by atoms with Gasteiger partial charge in [-0.15, -0.1) is 0 Å². The molecule has 2 aliphatic heterocycles. The van der Waals surface area contributed by atoms with Gasteiger partial charge in [-0.3, -0.25) is 14.6 Å². The average molecular weight is 1110 g/mol. The van der Waals surface area contributed by atoms with E-state index in [0.29, 0.717) is 16.8 Å². The Labute approximate surface area is 461 Å². The van der Waals surface area contributed by atoms with Gasteiger partial charge in [0.25, 0.3) is 0 Å². The number of ether oxygens (including phenoxy) is 4. The van der Waals surface area contributed by atoms with Gasteiger partial charge in [0, 0.05) is 65.5 Å². The minimum atomic E-state index is -2.23. The standard InChI is InChI=1S/C33H44FN3O5Si.C27H30FN3O5/c1-32(2,3)41-31(39)37-20-24(42-43(7,8)33(4,5)6)17-29(37)27(26-18-35-28-16-23(34)14-15-25(26)28)19-36-30(38)40-21-22-12-10-9-11-13-22;1-27(2,3)36-26(34)31-15-19(32)12-24(31)22(21-13-29-23-11-18(28)9-10-20(21)23)14-30-25(33)35-16-17-7-5-4-6-8-17/h9-18,27,29,35H,19-21H2,1-8H3,(H,36,38);4-11,13,22,24,29H,12,14-16H2,1-3H3,(H,30,33)/t27-,29-;22-,24-/m00/s1. The van der Waals surface area contributed by atoms with Crippen LogP contribution in [0.1, 0.15) is 103 Å². The zero-order valence-electron chi connectivity index (χ0n) is 47.0. The van der Waals surface area contributed by atoms with Crippen LogP contribution in [0.4, 0.5) is 28.0 Å². The van der Waals surface area contributed by atoms with E-state index in [1.807, 2.05) is 87.5 Å². The number of aromatic amines is 2. The van der Waals surface area contributed by atoms with E-state index in [2.05, 4.69) is 54.5 Å². The van der Waals surface area contributed by atoms with Crippen LogP contribution in [0.15, 0.2) is 121 Å². The van der Waals surface area contributed by atoms with E-state index < -0.39 is 67.8 Å². The molecule has 1 saturated heterocycles. The van der Waals surface area contributed by atoms with E-state index in [-0.39, 0.29) is 68.3 Å². The Morgan fingerprint density at radius 1 is 0.646 bits per heavy atom. The van der Waals surface area contributed by atoms with E-state index in [0.717, 1.165) is 33.0 Å². The Bertz CT molecular complexity index is 3140. The van der Waals surface area contributed by atoms with Crippen molar-refractivity contribution in [2.75, 3.05) is 26.2 Å². The third-order valence-electron chi connectivity index (χ3n) is 14.1. The summed E-state index contributed by atoms with van der Waals surface area (Å²) >= 11 is 0. The average Bonchev–Trinajstić information content (AvgIpc) is 4.28. The second-order valence-corrected chi connectivity index (χ2v) is 28.2. The van der Waals surface area contributed by atoms with E-state index >= 15 is 0 Å². The number of H-pyrrole nitrogens is 2. The lowest BCUT2D eigenvalue weighted by Gasteiger charge is -2.37. The van der Waals surface area contributed by atoms with Crippen molar-refractivity contribution in [3.63, 3.8) is 0 Å². The number of amides is 4. The molecule has 4 aromatic carbocycles. The van der Waals surface area contributed by atoms with Crippen LogP contribution in [0.2, 0.25) is 18.1 Å². The number of nitrogens with zero attached hydrogens (tertiary/aromatic N) is 2. The quantitative estimate of drug-likeness (QED) is 0.0602. The summed E-state index contributed by atoms with van der Waals surface area (Å²) in [4.78, 5) is 73.7. The summed E-state index contributed by atoms with van der Waals surface area (Å²) < 4.78 is 56.7. The highest BCUT2D eigenvalue weighted by atomic mass is 28.4. The van der Waals surface area contributed by atoms with Gasteiger partial charge in [0.15, 0.2) is 5.78 Å². The molecule has 0 aliphatic carbocycles. The Morgan fingerprint density at radius 2 is 1.10 bits per heavy atom. The summed E-state index contributed by atoms with van der Waals surface area (Å²) in [5.74, 6) is -1.06. The van der Waals surface area contributed by atoms with Crippen LogP contribution >= 0.6 is 0 Å². The van der Waals surface area contributed by atoms with Crippen molar-refractivity contribution in [1.82, 2.24) is 30.4 Å². The molecule has 1 fully saturated rings. The zero-order valence-corrected chi connectivity index (χ0v) is 48.0. The molecule has 8 rings (SSSR count). The molecule has 0 spiro atoms. The van der Waals surface area contributed by atoms with Gasteiger partial charge >= 0.3 is 24.4 Å². The number of hydrogen-bond acceptors (Lipinski definition) is 10. The number of halogens is 2. The number of fused-ring (bicyclic) bond motifs is 2. The number of aromatic nitrogens is 2. The van der Waals surface area contributed by atoms with Gasteiger partial charge in [0.2, 0.25) is 8.32 Å². The highest BCUT2D eigenvalue weighted by molar-refractivity contribution is 6.74. The molecule has 0 radical (unpaired) electrons. The molecule has 4 atom stereocenters. The summed E-state index contributed by atoms with van der Waals surface area (Å²) in [6.07, 6.45) is 3.33. The van der Waals surface area contributed by atoms with E-state index in [9.17, 15) is 32.8 Å². The monoisotopic (exact) mass is 1100 g/mol. The summed E-state index contributed by atoms with van der Waals surface area (Å²) in [5, 5.41) is 7.16. The molecule has 6 aromatic rings. The first-order valence-corrected chi connectivity index (χ1v) is 29.4. The van der Waals surface area contributed by atoms with Crippen LogP contribution in [-0.2, 0) is 41.4 Å². The molecule has 0 bridgehead atoms. The van der Waals surface area contributed by atoms with E-state index in [4.69, 9.17) is 23.4 Å². The lowest BCUT2D eigenvalue weighted by molar-refractivity contribution is -0.117. The van der Waals surface area contributed by atoms with Gasteiger partial charge < -0.3 is 44.0 Å². The molecule has 4 amide bonds. The zero-order chi connectivity index (χ0) is 57.5. The Hall–Kier alpha value is -7.67. The predicted octanol–water partition coefficient (Wildman–Crippen LogP) is 12.7. The fourth-order valence-corrected chi connectivity index (χ4v) is 10.3. The summed E-state index contributed by atoms with van der Waals surface area (Å²) in [5.41, 5.74) is 3.04. The van der Waals surface area contributed by atoms with Gasteiger partial charge in [-0.05, 0) is 124 Å². The van der Waals surface area contributed by atoms with Crippen LogP contribution in [0.25, 0.3) is 21.8 Å². The van der Waals surface area contributed by atoms with Crippen LogP contribution in [0.5, 0.6) is 0 Å². The summed E-state index contributed by atoms with van der Waals surface area (Å²) in [7, 11) is -2.23. The maximum atomic E-state index is 14.1. The number of rotatable bonds is 14. The largest absolute Gasteiger partial charge is 0.545 e. The van der Waals surface area contributed by atoms with Crippen molar-refractivity contribution < 1.29 is 56.1 Å². The Morgan fingerprint density at radius 3 is 1.57 bits per heavy atom.